The van der Waals surface area contributed by atoms with Crippen LogP contribution in [0.3, 0.4) is 0 Å². The first-order valence-corrected chi connectivity index (χ1v) is 12.9. The van der Waals surface area contributed by atoms with E-state index in [2.05, 4.69) is 34.1 Å². The number of fused-ring (bicyclic) bond motifs is 1. The Morgan fingerprint density at radius 3 is 2.66 bits per heavy atom. The van der Waals surface area contributed by atoms with Gasteiger partial charge in [0.05, 0.1) is 6.61 Å². The molecule has 4 atom stereocenters. The van der Waals surface area contributed by atoms with Gasteiger partial charge in [0.2, 0.25) is 5.91 Å². The van der Waals surface area contributed by atoms with Gasteiger partial charge in [-0.3, -0.25) is 9.69 Å². The van der Waals surface area contributed by atoms with Crippen molar-refractivity contribution in [2.75, 3.05) is 53.1 Å². The summed E-state index contributed by atoms with van der Waals surface area (Å²) in [5, 5.41) is 0. The second kappa shape index (κ2) is 10.2. The highest BCUT2D eigenvalue weighted by molar-refractivity contribution is 5.79. The van der Waals surface area contributed by atoms with Crippen LogP contribution in [-0.2, 0) is 20.7 Å². The summed E-state index contributed by atoms with van der Waals surface area (Å²) in [6.07, 6.45) is 8.03. The van der Waals surface area contributed by atoms with Gasteiger partial charge in [0.25, 0.3) is 0 Å². The summed E-state index contributed by atoms with van der Waals surface area (Å²) in [6, 6.07) is 10.1. The lowest BCUT2D eigenvalue weighted by Gasteiger charge is -2.27. The Morgan fingerprint density at radius 2 is 1.88 bits per heavy atom. The van der Waals surface area contributed by atoms with Crippen molar-refractivity contribution < 1.29 is 14.3 Å². The number of rotatable bonds is 7. The summed E-state index contributed by atoms with van der Waals surface area (Å²) in [6.45, 7) is 6.63. The molecule has 4 aliphatic rings. The van der Waals surface area contributed by atoms with Gasteiger partial charge in [-0.05, 0) is 80.4 Å². The lowest BCUT2D eigenvalue weighted by atomic mass is 9.86. The second-order valence-electron chi connectivity index (χ2n) is 10.5. The molecule has 5 nitrogen and oxygen atoms in total. The summed E-state index contributed by atoms with van der Waals surface area (Å²) in [5.41, 5.74) is 2.93. The van der Waals surface area contributed by atoms with Crippen LogP contribution in [0.4, 0.5) is 0 Å². The molecule has 32 heavy (non-hydrogen) atoms. The van der Waals surface area contributed by atoms with Crippen LogP contribution in [0.15, 0.2) is 24.3 Å². The summed E-state index contributed by atoms with van der Waals surface area (Å²) in [5.74, 6) is 2.54. The number of carbonyl (C=O) groups is 1. The topological polar surface area (TPSA) is 42.0 Å². The van der Waals surface area contributed by atoms with E-state index < -0.39 is 0 Å². The number of carbonyl (C=O) groups excluding carboxylic acids is 1. The lowest BCUT2D eigenvalue weighted by Crippen LogP contribution is -2.37. The van der Waals surface area contributed by atoms with Crippen LogP contribution in [0.1, 0.15) is 55.6 Å². The van der Waals surface area contributed by atoms with Gasteiger partial charge in [0.15, 0.2) is 0 Å². The van der Waals surface area contributed by atoms with Crippen LogP contribution in [0, 0.1) is 17.8 Å². The maximum atomic E-state index is 13.0. The van der Waals surface area contributed by atoms with Crippen LogP contribution in [0.5, 0.6) is 0 Å². The largest absolute Gasteiger partial charge is 0.383 e. The highest BCUT2D eigenvalue weighted by Crippen LogP contribution is 2.48. The van der Waals surface area contributed by atoms with Gasteiger partial charge in [-0.2, -0.15) is 0 Å². The monoisotopic (exact) mass is 440 g/mol. The van der Waals surface area contributed by atoms with E-state index in [4.69, 9.17) is 9.47 Å². The predicted octanol–water partition coefficient (Wildman–Crippen LogP) is 3.72. The highest BCUT2D eigenvalue weighted by atomic mass is 16.5. The summed E-state index contributed by atoms with van der Waals surface area (Å²) in [7, 11) is 1.81. The molecule has 3 aliphatic heterocycles. The van der Waals surface area contributed by atoms with Gasteiger partial charge < -0.3 is 14.4 Å². The van der Waals surface area contributed by atoms with E-state index in [-0.39, 0.29) is 5.92 Å². The summed E-state index contributed by atoms with van der Waals surface area (Å²) in [4.78, 5) is 17.8. The van der Waals surface area contributed by atoms with Crippen molar-refractivity contribution in [2.24, 2.45) is 17.8 Å². The molecule has 5 rings (SSSR count). The van der Waals surface area contributed by atoms with E-state index in [9.17, 15) is 4.79 Å². The minimum Gasteiger partial charge on any atom is -0.383 e. The molecule has 0 radical (unpaired) electrons. The predicted molar refractivity (Wildman–Crippen MR) is 126 cm³/mol. The van der Waals surface area contributed by atoms with E-state index in [1.54, 1.807) is 0 Å². The zero-order valence-corrected chi connectivity index (χ0v) is 19.7. The number of likely N-dealkylation sites (tertiary alicyclic amines) is 2. The van der Waals surface area contributed by atoms with Crippen molar-refractivity contribution in [1.29, 1.82) is 0 Å². The minimum atomic E-state index is 0.194. The first kappa shape index (κ1) is 22.4. The molecule has 176 valence electrons. The molecule has 0 aromatic heterocycles. The number of hydrogen-bond donors (Lipinski definition) is 0. The van der Waals surface area contributed by atoms with Crippen molar-refractivity contribution >= 4 is 5.91 Å². The zero-order chi connectivity index (χ0) is 21.9. The highest BCUT2D eigenvalue weighted by Gasteiger charge is 2.45. The van der Waals surface area contributed by atoms with Gasteiger partial charge in [-0.15, -0.1) is 0 Å². The third-order valence-corrected chi connectivity index (χ3v) is 8.69. The molecule has 4 unspecified atom stereocenters. The third-order valence-electron chi connectivity index (χ3n) is 8.69. The third kappa shape index (κ3) is 4.76. The van der Waals surface area contributed by atoms with Gasteiger partial charge in [-0.25, -0.2) is 0 Å². The van der Waals surface area contributed by atoms with E-state index >= 15 is 0 Å². The molecule has 0 bridgehead atoms. The summed E-state index contributed by atoms with van der Waals surface area (Å²) >= 11 is 0. The fraction of sp³-hybridized carbons (Fsp3) is 0.741. The van der Waals surface area contributed by atoms with Crippen LogP contribution in [-0.4, -0.2) is 74.9 Å². The minimum absolute atomic E-state index is 0.194. The van der Waals surface area contributed by atoms with Crippen LogP contribution < -0.4 is 0 Å². The number of benzene rings is 1. The first-order valence-electron chi connectivity index (χ1n) is 12.9. The Morgan fingerprint density at radius 1 is 1.06 bits per heavy atom. The van der Waals surface area contributed by atoms with E-state index in [1.807, 2.05) is 7.11 Å². The van der Waals surface area contributed by atoms with Crippen molar-refractivity contribution in [2.45, 2.75) is 56.9 Å². The molecular weight excluding hydrogens is 400 g/mol. The molecule has 3 heterocycles. The van der Waals surface area contributed by atoms with E-state index in [1.165, 1.54) is 43.4 Å². The molecular formula is C27H40N2O3. The Bertz CT molecular complexity index is 761. The van der Waals surface area contributed by atoms with E-state index in [0.29, 0.717) is 29.7 Å². The summed E-state index contributed by atoms with van der Waals surface area (Å²) < 4.78 is 10.9. The molecule has 3 saturated heterocycles. The van der Waals surface area contributed by atoms with Crippen molar-refractivity contribution in [3.8, 4) is 0 Å². The van der Waals surface area contributed by atoms with Crippen LogP contribution in [0.2, 0.25) is 0 Å². The lowest BCUT2D eigenvalue weighted by molar-refractivity contribution is -0.137. The quantitative estimate of drug-likeness (QED) is 0.648. The van der Waals surface area contributed by atoms with Gasteiger partial charge in [-0.1, -0.05) is 24.3 Å². The first-order chi connectivity index (χ1) is 15.7. The fourth-order valence-corrected chi connectivity index (χ4v) is 6.84. The number of nitrogens with zero attached hydrogens (tertiary/aromatic N) is 2. The Hall–Kier alpha value is -1.43. The average molecular weight is 441 g/mol. The average Bonchev–Trinajstić information content (AvgIpc) is 3.55. The maximum Gasteiger partial charge on any atom is 0.225 e. The number of ether oxygens (including phenoxy) is 2. The van der Waals surface area contributed by atoms with Gasteiger partial charge in [0.1, 0.15) is 0 Å². The molecule has 1 amide bonds. The standard InChI is InChI=1S/C27H40N2O3/c1-31-19-24-3-2-13-28(24)14-10-20-4-6-21(7-5-20)25-9-8-23-17-29(18-26(23)25)27(30)22-11-15-32-16-12-22/h4-7,22-26H,2-3,8-19H2,1H3. The smallest absolute Gasteiger partial charge is 0.225 e. The molecule has 1 aromatic carbocycles. The van der Waals surface area contributed by atoms with Crippen molar-refractivity contribution in [3.63, 3.8) is 0 Å². The van der Waals surface area contributed by atoms with Crippen molar-refractivity contribution in [1.82, 2.24) is 9.80 Å². The van der Waals surface area contributed by atoms with E-state index in [0.717, 1.165) is 58.7 Å². The number of methoxy groups -OCH3 is 1. The normalized spacial score (nSPS) is 31.3. The molecule has 1 aliphatic carbocycles. The van der Waals surface area contributed by atoms with Crippen LogP contribution >= 0.6 is 0 Å². The molecule has 0 N–H and O–H groups in total. The molecule has 0 spiro atoms. The van der Waals surface area contributed by atoms with Gasteiger partial charge >= 0.3 is 0 Å². The molecule has 1 aromatic rings. The SMILES string of the molecule is COCC1CCCN1CCc1ccc(C2CCC3CN(C(=O)C4CCOCC4)CC32)cc1. The van der Waals surface area contributed by atoms with Crippen molar-refractivity contribution in [3.05, 3.63) is 35.4 Å². The maximum absolute atomic E-state index is 13.0. The zero-order valence-electron chi connectivity index (χ0n) is 19.7. The number of hydrogen-bond acceptors (Lipinski definition) is 4. The number of amides is 1. The molecule has 5 heteroatoms. The van der Waals surface area contributed by atoms with Crippen LogP contribution in [0.25, 0.3) is 0 Å². The Labute approximate surface area is 193 Å². The molecule has 4 fully saturated rings. The fourth-order valence-electron chi connectivity index (χ4n) is 6.84. The van der Waals surface area contributed by atoms with Gasteiger partial charge in [0, 0.05) is 51.9 Å². The second-order valence-corrected chi connectivity index (χ2v) is 10.5. The Kier molecular flexibility index (Phi) is 7.15. The molecule has 1 saturated carbocycles. The Balaban J connectivity index is 1.15.